The Morgan fingerprint density at radius 3 is 2.59 bits per heavy atom. The Balaban J connectivity index is 3.12. The molecule has 22 heavy (non-hydrogen) atoms. The molecule has 0 spiro atoms. The molecule has 0 aliphatic carbocycles. The van der Waals surface area contributed by atoms with Crippen LogP contribution < -0.4 is 4.90 Å². The van der Waals surface area contributed by atoms with E-state index >= 15 is 0 Å². The van der Waals surface area contributed by atoms with Gasteiger partial charge in [0.15, 0.2) is 0 Å². The van der Waals surface area contributed by atoms with Crippen molar-refractivity contribution in [3.05, 3.63) is 33.9 Å². The second kappa shape index (κ2) is 7.39. The normalized spacial score (nSPS) is 11.6. The fraction of sp³-hybridized carbons (Fsp3) is 0.429. The Labute approximate surface area is 127 Å². The molecular formula is C14H18N2O6. The second-order valence-electron chi connectivity index (χ2n) is 4.80. The molecule has 0 aliphatic heterocycles. The van der Waals surface area contributed by atoms with Gasteiger partial charge in [0.05, 0.1) is 17.4 Å². The maximum absolute atomic E-state index is 11.8. The number of nitro benzene ring substituents is 1. The molecule has 0 saturated heterocycles. The molecule has 1 N–H and O–H groups in total. The van der Waals surface area contributed by atoms with Gasteiger partial charge in [0.25, 0.3) is 5.69 Å². The molecule has 8 nitrogen and oxygen atoms in total. The molecule has 1 unspecified atom stereocenters. The minimum atomic E-state index is -0.945. The molecule has 0 radical (unpaired) electrons. The zero-order chi connectivity index (χ0) is 16.9. The van der Waals surface area contributed by atoms with Gasteiger partial charge in [-0.05, 0) is 19.1 Å². The quantitative estimate of drug-likeness (QED) is 0.465. The standard InChI is InChI=1S/C14H18N2O6/c1-4-22-14(19)11-7-10(5-6-12(11)16(20)21)15(3)8-9(2)13(17)18/h5-7,9H,4,8H2,1-3H3,(H,17,18). The number of carbonyl (C=O) groups excluding carboxylic acids is 1. The number of nitrogens with zero attached hydrogens (tertiary/aromatic N) is 2. The molecule has 0 aliphatic rings. The van der Waals surface area contributed by atoms with E-state index < -0.39 is 22.8 Å². The lowest BCUT2D eigenvalue weighted by Crippen LogP contribution is -2.28. The van der Waals surface area contributed by atoms with Crippen LogP contribution in [0.2, 0.25) is 0 Å². The predicted octanol–water partition coefficient (Wildman–Crippen LogP) is 1.93. The van der Waals surface area contributed by atoms with Crippen LogP contribution in [0.15, 0.2) is 18.2 Å². The maximum atomic E-state index is 11.8. The van der Waals surface area contributed by atoms with Crippen molar-refractivity contribution in [3.63, 3.8) is 0 Å². The molecule has 8 heteroatoms. The third-order valence-electron chi connectivity index (χ3n) is 3.08. The monoisotopic (exact) mass is 310 g/mol. The molecule has 0 saturated carbocycles. The first-order chi connectivity index (χ1) is 10.3. The van der Waals surface area contributed by atoms with Crippen molar-refractivity contribution < 1.29 is 24.4 Å². The van der Waals surface area contributed by atoms with Crippen molar-refractivity contribution in [3.8, 4) is 0 Å². The zero-order valence-electron chi connectivity index (χ0n) is 12.6. The number of esters is 1. The van der Waals surface area contributed by atoms with Crippen LogP contribution in [0.5, 0.6) is 0 Å². The number of hydrogen-bond donors (Lipinski definition) is 1. The Morgan fingerprint density at radius 1 is 1.45 bits per heavy atom. The number of carbonyl (C=O) groups is 2. The number of carboxylic acid groups (broad SMARTS) is 1. The van der Waals surface area contributed by atoms with E-state index in [1.807, 2.05) is 0 Å². The van der Waals surface area contributed by atoms with Gasteiger partial charge < -0.3 is 14.7 Å². The van der Waals surface area contributed by atoms with Crippen molar-refractivity contribution >= 4 is 23.3 Å². The van der Waals surface area contributed by atoms with Crippen LogP contribution in [-0.4, -0.2) is 42.2 Å². The second-order valence-corrected chi connectivity index (χ2v) is 4.80. The Kier molecular flexibility index (Phi) is 5.85. The van der Waals surface area contributed by atoms with Gasteiger partial charge in [-0.15, -0.1) is 0 Å². The van der Waals surface area contributed by atoms with Gasteiger partial charge in [0.1, 0.15) is 5.56 Å². The van der Waals surface area contributed by atoms with Gasteiger partial charge in [-0.25, -0.2) is 4.79 Å². The first-order valence-corrected chi connectivity index (χ1v) is 6.67. The Hall–Kier alpha value is -2.64. The number of hydrogen-bond acceptors (Lipinski definition) is 6. The summed E-state index contributed by atoms with van der Waals surface area (Å²) in [5, 5.41) is 19.9. The first-order valence-electron chi connectivity index (χ1n) is 6.67. The van der Waals surface area contributed by atoms with Crippen LogP contribution in [-0.2, 0) is 9.53 Å². The molecule has 1 rings (SSSR count). The summed E-state index contributed by atoms with van der Waals surface area (Å²) in [6, 6.07) is 4.02. The lowest BCUT2D eigenvalue weighted by atomic mass is 10.1. The highest BCUT2D eigenvalue weighted by atomic mass is 16.6. The van der Waals surface area contributed by atoms with Crippen molar-refractivity contribution in [2.24, 2.45) is 5.92 Å². The van der Waals surface area contributed by atoms with Gasteiger partial charge in [-0.2, -0.15) is 0 Å². The summed E-state index contributed by atoms with van der Waals surface area (Å²) in [5.41, 5.74) is 0.00261. The summed E-state index contributed by atoms with van der Waals surface area (Å²) in [5.74, 6) is -2.35. The number of aliphatic carboxylic acids is 1. The van der Waals surface area contributed by atoms with E-state index in [1.165, 1.54) is 18.2 Å². The average molecular weight is 310 g/mol. The molecule has 120 valence electrons. The summed E-state index contributed by atoms with van der Waals surface area (Å²) >= 11 is 0. The summed E-state index contributed by atoms with van der Waals surface area (Å²) in [4.78, 5) is 34.7. The molecular weight excluding hydrogens is 292 g/mol. The minimum Gasteiger partial charge on any atom is -0.481 e. The van der Waals surface area contributed by atoms with Crippen molar-refractivity contribution in [2.45, 2.75) is 13.8 Å². The summed E-state index contributed by atoms with van der Waals surface area (Å²) < 4.78 is 4.82. The van der Waals surface area contributed by atoms with E-state index in [-0.39, 0.29) is 24.4 Å². The highest BCUT2D eigenvalue weighted by Crippen LogP contribution is 2.25. The summed E-state index contributed by atoms with van der Waals surface area (Å²) in [6.07, 6.45) is 0. The molecule has 0 heterocycles. The maximum Gasteiger partial charge on any atom is 0.345 e. The molecule has 0 amide bonds. The van der Waals surface area contributed by atoms with Gasteiger partial charge in [0.2, 0.25) is 0 Å². The molecule has 1 atom stereocenters. The molecule has 1 aromatic carbocycles. The van der Waals surface area contributed by atoms with Crippen molar-refractivity contribution in [1.29, 1.82) is 0 Å². The zero-order valence-corrected chi connectivity index (χ0v) is 12.6. The number of ether oxygens (including phenoxy) is 1. The van der Waals surface area contributed by atoms with E-state index in [0.29, 0.717) is 5.69 Å². The van der Waals surface area contributed by atoms with Gasteiger partial charge in [0, 0.05) is 25.3 Å². The van der Waals surface area contributed by atoms with E-state index in [9.17, 15) is 19.7 Å². The number of carboxylic acids is 1. The molecule has 0 fully saturated rings. The highest BCUT2D eigenvalue weighted by molar-refractivity contribution is 5.95. The van der Waals surface area contributed by atoms with Crippen LogP contribution in [0.4, 0.5) is 11.4 Å². The third kappa shape index (κ3) is 4.18. The fourth-order valence-electron chi connectivity index (χ4n) is 1.89. The van der Waals surface area contributed by atoms with Gasteiger partial charge in [-0.1, -0.05) is 6.92 Å². The summed E-state index contributed by atoms with van der Waals surface area (Å²) in [7, 11) is 1.65. The van der Waals surface area contributed by atoms with E-state index in [4.69, 9.17) is 9.84 Å². The Bertz CT molecular complexity index is 587. The van der Waals surface area contributed by atoms with E-state index in [2.05, 4.69) is 0 Å². The first kappa shape index (κ1) is 17.4. The molecule has 1 aromatic rings. The number of anilines is 1. The topological polar surface area (TPSA) is 110 Å². The van der Waals surface area contributed by atoms with Crippen LogP contribution >= 0.6 is 0 Å². The lowest BCUT2D eigenvalue weighted by Gasteiger charge is -2.21. The van der Waals surface area contributed by atoms with Gasteiger partial charge >= 0.3 is 11.9 Å². The van der Waals surface area contributed by atoms with Crippen molar-refractivity contribution in [2.75, 3.05) is 25.1 Å². The average Bonchev–Trinajstić information content (AvgIpc) is 2.46. The number of rotatable bonds is 7. The number of nitro groups is 1. The van der Waals surface area contributed by atoms with E-state index in [0.717, 1.165) is 0 Å². The fourth-order valence-corrected chi connectivity index (χ4v) is 1.89. The third-order valence-corrected chi connectivity index (χ3v) is 3.08. The van der Waals surface area contributed by atoms with Crippen LogP contribution in [0.3, 0.4) is 0 Å². The lowest BCUT2D eigenvalue weighted by molar-refractivity contribution is -0.385. The predicted molar refractivity (Wildman–Crippen MR) is 79.1 cm³/mol. The highest BCUT2D eigenvalue weighted by Gasteiger charge is 2.23. The van der Waals surface area contributed by atoms with Crippen LogP contribution in [0.1, 0.15) is 24.2 Å². The van der Waals surface area contributed by atoms with Crippen molar-refractivity contribution in [1.82, 2.24) is 0 Å². The molecule has 0 bridgehead atoms. The largest absolute Gasteiger partial charge is 0.481 e. The number of benzene rings is 1. The van der Waals surface area contributed by atoms with E-state index in [1.54, 1.807) is 25.8 Å². The van der Waals surface area contributed by atoms with Crippen LogP contribution in [0, 0.1) is 16.0 Å². The molecule has 0 aromatic heterocycles. The minimum absolute atomic E-state index is 0.103. The SMILES string of the molecule is CCOC(=O)c1cc(N(C)CC(C)C(=O)O)ccc1[N+](=O)[O-]. The van der Waals surface area contributed by atoms with Gasteiger partial charge in [-0.3, -0.25) is 14.9 Å². The smallest absolute Gasteiger partial charge is 0.345 e. The Morgan fingerprint density at radius 2 is 2.09 bits per heavy atom. The van der Waals surface area contributed by atoms with Crippen LogP contribution in [0.25, 0.3) is 0 Å². The summed E-state index contributed by atoms with van der Waals surface area (Å²) in [6.45, 7) is 3.46.